The van der Waals surface area contributed by atoms with Crippen LogP contribution in [-0.2, 0) is 6.61 Å². The molecule has 0 unspecified atom stereocenters. The second-order valence-corrected chi connectivity index (χ2v) is 6.28. The fourth-order valence-electron chi connectivity index (χ4n) is 2.47. The first-order chi connectivity index (χ1) is 11.5. The predicted molar refractivity (Wildman–Crippen MR) is 94.6 cm³/mol. The van der Waals surface area contributed by atoms with Crippen molar-refractivity contribution in [2.45, 2.75) is 13.5 Å². The molecule has 1 aromatic carbocycles. The molecule has 0 spiro atoms. The highest BCUT2D eigenvalue weighted by Crippen LogP contribution is 2.35. The van der Waals surface area contributed by atoms with Crippen molar-refractivity contribution in [3.63, 3.8) is 0 Å². The van der Waals surface area contributed by atoms with E-state index in [9.17, 15) is 4.79 Å². The molecule has 7 heteroatoms. The highest BCUT2D eigenvalue weighted by molar-refractivity contribution is 7.21. The monoisotopic (exact) mass is 343 g/mol. The van der Waals surface area contributed by atoms with Crippen LogP contribution in [0.3, 0.4) is 0 Å². The SMILES string of the molecule is COc1ccc(OCc2cc(C)nc3sc(C(N)=O)c(N)c23)cc1. The third-order valence-corrected chi connectivity index (χ3v) is 4.70. The van der Waals surface area contributed by atoms with E-state index < -0.39 is 5.91 Å². The van der Waals surface area contributed by atoms with Crippen LogP contribution in [0.1, 0.15) is 20.9 Å². The molecule has 0 fully saturated rings. The van der Waals surface area contributed by atoms with Crippen LogP contribution in [0, 0.1) is 6.92 Å². The van der Waals surface area contributed by atoms with E-state index in [1.165, 1.54) is 11.3 Å². The molecule has 6 nitrogen and oxygen atoms in total. The first kappa shape index (κ1) is 16.1. The van der Waals surface area contributed by atoms with Crippen molar-refractivity contribution in [3.05, 3.63) is 46.5 Å². The van der Waals surface area contributed by atoms with Gasteiger partial charge in [-0.2, -0.15) is 0 Å². The number of amides is 1. The van der Waals surface area contributed by atoms with Crippen molar-refractivity contribution in [1.29, 1.82) is 0 Å². The van der Waals surface area contributed by atoms with E-state index in [-0.39, 0.29) is 0 Å². The number of primary amides is 1. The summed E-state index contributed by atoms with van der Waals surface area (Å²) in [6, 6.07) is 9.21. The van der Waals surface area contributed by atoms with Crippen LogP contribution >= 0.6 is 11.3 Å². The van der Waals surface area contributed by atoms with Gasteiger partial charge >= 0.3 is 0 Å². The first-order valence-corrected chi connectivity index (χ1v) is 8.06. The molecule has 0 saturated carbocycles. The molecule has 2 aromatic heterocycles. The number of nitrogens with two attached hydrogens (primary N) is 2. The van der Waals surface area contributed by atoms with Gasteiger partial charge in [0.2, 0.25) is 0 Å². The summed E-state index contributed by atoms with van der Waals surface area (Å²) < 4.78 is 11.0. The highest BCUT2D eigenvalue weighted by atomic mass is 32.1. The number of hydrogen-bond donors (Lipinski definition) is 2. The van der Waals surface area contributed by atoms with E-state index in [2.05, 4.69) is 4.98 Å². The number of nitrogens with zero attached hydrogens (tertiary/aromatic N) is 1. The summed E-state index contributed by atoms with van der Waals surface area (Å²) in [7, 11) is 1.61. The van der Waals surface area contributed by atoms with Crippen molar-refractivity contribution in [2.24, 2.45) is 5.73 Å². The van der Waals surface area contributed by atoms with Crippen molar-refractivity contribution in [2.75, 3.05) is 12.8 Å². The Hall–Kier alpha value is -2.80. The van der Waals surface area contributed by atoms with E-state index >= 15 is 0 Å². The Balaban J connectivity index is 1.94. The minimum absolute atomic E-state index is 0.311. The maximum atomic E-state index is 11.5. The number of methoxy groups -OCH3 is 1. The second kappa shape index (κ2) is 6.37. The van der Waals surface area contributed by atoms with Crippen LogP contribution in [0.5, 0.6) is 11.5 Å². The molecular formula is C17H17N3O3S. The summed E-state index contributed by atoms with van der Waals surface area (Å²) in [4.78, 5) is 17.0. The molecule has 1 amide bonds. The number of benzene rings is 1. The molecule has 0 aliphatic heterocycles. The minimum atomic E-state index is -0.546. The number of ether oxygens (including phenoxy) is 2. The lowest BCUT2D eigenvalue weighted by atomic mass is 10.1. The molecule has 3 aromatic rings. The number of anilines is 1. The number of rotatable bonds is 5. The Kier molecular flexibility index (Phi) is 4.26. The molecule has 0 saturated heterocycles. The topological polar surface area (TPSA) is 100 Å². The lowest BCUT2D eigenvalue weighted by Crippen LogP contribution is -2.10. The number of pyridine rings is 1. The summed E-state index contributed by atoms with van der Waals surface area (Å²) >= 11 is 1.20. The van der Waals surface area contributed by atoms with Gasteiger partial charge in [0.1, 0.15) is 27.8 Å². The van der Waals surface area contributed by atoms with Gasteiger partial charge in [0.15, 0.2) is 0 Å². The van der Waals surface area contributed by atoms with Crippen LogP contribution in [-0.4, -0.2) is 18.0 Å². The quantitative estimate of drug-likeness (QED) is 0.742. The third kappa shape index (κ3) is 2.98. The van der Waals surface area contributed by atoms with E-state index in [1.807, 2.05) is 37.3 Å². The predicted octanol–water partition coefficient (Wildman–Crippen LogP) is 2.87. The third-order valence-electron chi connectivity index (χ3n) is 3.59. The number of aryl methyl sites for hydroxylation is 1. The highest BCUT2D eigenvalue weighted by Gasteiger charge is 2.18. The summed E-state index contributed by atoms with van der Waals surface area (Å²) in [5.74, 6) is 0.926. The molecule has 24 heavy (non-hydrogen) atoms. The number of carbonyl (C=O) groups is 1. The van der Waals surface area contributed by atoms with E-state index in [0.29, 0.717) is 27.8 Å². The van der Waals surface area contributed by atoms with Gasteiger partial charge in [-0.05, 0) is 37.3 Å². The zero-order chi connectivity index (χ0) is 17.3. The number of fused-ring (bicyclic) bond motifs is 1. The van der Waals surface area contributed by atoms with E-state index in [0.717, 1.165) is 22.4 Å². The van der Waals surface area contributed by atoms with Gasteiger partial charge in [-0.15, -0.1) is 11.3 Å². The first-order valence-electron chi connectivity index (χ1n) is 7.24. The maximum absolute atomic E-state index is 11.5. The number of carbonyl (C=O) groups excluding carboxylic acids is 1. The molecule has 0 atom stereocenters. The van der Waals surface area contributed by atoms with Gasteiger partial charge < -0.3 is 20.9 Å². The Morgan fingerprint density at radius 2 is 1.92 bits per heavy atom. The van der Waals surface area contributed by atoms with Gasteiger partial charge in [0, 0.05) is 16.6 Å². The fraction of sp³-hybridized carbons (Fsp3) is 0.176. The van der Waals surface area contributed by atoms with Crippen LogP contribution in [0.4, 0.5) is 5.69 Å². The van der Waals surface area contributed by atoms with Crippen LogP contribution in [0.2, 0.25) is 0 Å². The van der Waals surface area contributed by atoms with Crippen molar-refractivity contribution < 1.29 is 14.3 Å². The van der Waals surface area contributed by atoms with E-state index in [4.69, 9.17) is 20.9 Å². The molecule has 3 rings (SSSR count). The Labute approximate surface area is 143 Å². The van der Waals surface area contributed by atoms with Crippen molar-refractivity contribution in [3.8, 4) is 11.5 Å². The second-order valence-electron chi connectivity index (χ2n) is 5.28. The number of hydrogen-bond acceptors (Lipinski definition) is 6. The van der Waals surface area contributed by atoms with Crippen LogP contribution in [0.15, 0.2) is 30.3 Å². The smallest absolute Gasteiger partial charge is 0.260 e. The summed E-state index contributed by atoms with van der Waals surface area (Å²) in [6.45, 7) is 2.20. The molecule has 4 N–H and O–H groups in total. The average Bonchev–Trinajstić information content (AvgIpc) is 2.90. The molecule has 0 aliphatic rings. The fourth-order valence-corrected chi connectivity index (χ4v) is 3.51. The molecule has 2 heterocycles. The van der Waals surface area contributed by atoms with Gasteiger partial charge in [-0.3, -0.25) is 4.79 Å². The van der Waals surface area contributed by atoms with Gasteiger partial charge in [0.25, 0.3) is 5.91 Å². The maximum Gasteiger partial charge on any atom is 0.260 e. The standard InChI is InChI=1S/C17H17N3O3S/c1-9-7-10(8-23-12-5-3-11(22-2)4-6-12)13-14(18)15(16(19)21)24-17(13)20-9/h3-7H,8,18H2,1-2H3,(H2,19,21). The number of aromatic nitrogens is 1. The van der Waals surface area contributed by atoms with Gasteiger partial charge in [-0.1, -0.05) is 0 Å². The molecule has 124 valence electrons. The summed E-state index contributed by atoms with van der Waals surface area (Å²) in [6.07, 6.45) is 0. The Morgan fingerprint density at radius 3 is 2.54 bits per heavy atom. The zero-order valence-electron chi connectivity index (χ0n) is 13.3. The zero-order valence-corrected chi connectivity index (χ0v) is 14.1. The van der Waals surface area contributed by atoms with Gasteiger partial charge in [0.05, 0.1) is 12.8 Å². The Bertz CT molecular complexity index is 904. The largest absolute Gasteiger partial charge is 0.497 e. The lowest BCUT2D eigenvalue weighted by molar-refractivity contribution is 0.100. The van der Waals surface area contributed by atoms with Crippen molar-refractivity contribution in [1.82, 2.24) is 4.98 Å². The van der Waals surface area contributed by atoms with Crippen LogP contribution < -0.4 is 20.9 Å². The molecule has 0 bridgehead atoms. The normalized spacial score (nSPS) is 10.8. The Morgan fingerprint density at radius 1 is 1.25 bits per heavy atom. The average molecular weight is 343 g/mol. The molecular weight excluding hydrogens is 326 g/mol. The van der Waals surface area contributed by atoms with Gasteiger partial charge in [-0.25, -0.2) is 4.98 Å². The summed E-state index contributed by atoms with van der Waals surface area (Å²) in [5.41, 5.74) is 13.5. The molecule has 0 aliphatic carbocycles. The van der Waals surface area contributed by atoms with E-state index in [1.54, 1.807) is 7.11 Å². The van der Waals surface area contributed by atoms with Crippen molar-refractivity contribution >= 4 is 33.1 Å². The van der Waals surface area contributed by atoms with Crippen LogP contribution in [0.25, 0.3) is 10.2 Å². The molecule has 0 radical (unpaired) electrons. The summed E-state index contributed by atoms with van der Waals surface area (Å²) in [5, 5.41) is 0.730. The minimum Gasteiger partial charge on any atom is -0.497 e. The lowest BCUT2D eigenvalue weighted by Gasteiger charge is -2.09. The number of thiophene rings is 1. The number of nitrogen functional groups attached to an aromatic ring is 1.